The summed E-state index contributed by atoms with van der Waals surface area (Å²) in [5.74, 6) is 1.68. The molecule has 0 bridgehead atoms. The second-order valence-electron chi connectivity index (χ2n) is 4.37. The van der Waals surface area contributed by atoms with E-state index in [0.29, 0.717) is 0 Å². The zero-order valence-electron chi connectivity index (χ0n) is 8.70. The first-order valence-corrected chi connectivity index (χ1v) is 5.35. The van der Waals surface area contributed by atoms with Gasteiger partial charge in [0.1, 0.15) is 11.6 Å². The minimum Gasteiger partial charge on any atom is -0.331 e. The predicted molar refractivity (Wildman–Crippen MR) is 57.1 cm³/mol. The Labute approximate surface area is 87.7 Å². The van der Waals surface area contributed by atoms with Crippen molar-refractivity contribution in [2.75, 3.05) is 0 Å². The zero-order valence-corrected chi connectivity index (χ0v) is 8.70. The molecule has 0 aliphatic heterocycles. The molecule has 2 aromatic rings. The van der Waals surface area contributed by atoms with Crippen LogP contribution in [0, 0.1) is 11.7 Å². The minimum atomic E-state index is -0.210. The van der Waals surface area contributed by atoms with Crippen molar-refractivity contribution in [1.29, 1.82) is 0 Å². The van der Waals surface area contributed by atoms with Gasteiger partial charge in [0.2, 0.25) is 0 Å². The van der Waals surface area contributed by atoms with E-state index in [9.17, 15) is 4.39 Å². The van der Waals surface area contributed by atoms with Crippen molar-refractivity contribution in [3.63, 3.8) is 0 Å². The van der Waals surface area contributed by atoms with Gasteiger partial charge in [-0.05, 0) is 30.9 Å². The molecular formula is C12H13FN2. The molecule has 1 saturated carbocycles. The van der Waals surface area contributed by atoms with Gasteiger partial charge in [0.25, 0.3) is 0 Å². The number of aryl methyl sites for hydroxylation is 1. The Bertz CT molecular complexity index is 512. The molecular weight excluding hydrogens is 191 g/mol. The molecule has 0 amide bonds. The first kappa shape index (κ1) is 8.89. The van der Waals surface area contributed by atoms with E-state index in [1.54, 1.807) is 6.07 Å². The summed E-state index contributed by atoms with van der Waals surface area (Å²) in [6.07, 6.45) is 3.67. The first-order chi connectivity index (χ1) is 7.24. The number of hydrogen-bond donors (Lipinski definition) is 0. The van der Waals surface area contributed by atoms with Crippen molar-refractivity contribution in [2.45, 2.75) is 19.3 Å². The van der Waals surface area contributed by atoms with E-state index in [0.717, 1.165) is 29.2 Å². The SMILES string of the molecule is Cn1c(CC2CC2)nc2cc(F)ccc21. The molecule has 0 N–H and O–H groups in total. The smallest absolute Gasteiger partial charge is 0.125 e. The lowest BCUT2D eigenvalue weighted by atomic mass is 10.3. The van der Waals surface area contributed by atoms with E-state index < -0.39 is 0 Å². The summed E-state index contributed by atoms with van der Waals surface area (Å²) in [4.78, 5) is 4.48. The van der Waals surface area contributed by atoms with E-state index in [1.165, 1.54) is 25.0 Å². The summed E-state index contributed by atoms with van der Waals surface area (Å²) in [7, 11) is 2.00. The molecule has 0 radical (unpaired) electrons. The summed E-state index contributed by atoms with van der Waals surface area (Å²) in [5, 5.41) is 0. The Morgan fingerprint density at radius 2 is 2.27 bits per heavy atom. The zero-order chi connectivity index (χ0) is 10.4. The number of imidazole rings is 1. The van der Waals surface area contributed by atoms with Crippen molar-refractivity contribution in [3.05, 3.63) is 29.8 Å². The van der Waals surface area contributed by atoms with Gasteiger partial charge in [-0.25, -0.2) is 9.37 Å². The minimum absolute atomic E-state index is 0.210. The fraction of sp³-hybridized carbons (Fsp3) is 0.417. The summed E-state index contributed by atoms with van der Waals surface area (Å²) in [6.45, 7) is 0. The number of hydrogen-bond acceptors (Lipinski definition) is 1. The summed E-state index contributed by atoms with van der Waals surface area (Å²) < 4.78 is 15.1. The monoisotopic (exact) mass is 204 g/mol. The summed E-state index contributed by atoms with van der Waals surface area (Å²) in [5.41, 5.74) is 1.79. The molecule has 1 aliphatic carbocycles. The lowest BCUT2D eigenvalue weighted by Gasteiger charge is -1.99. The number of nitrogens with zero attached hydrogens (tertiary/aromatic N) is 2. The second kappa shape index (κ2) is 3.05. The van der Waals surface area contributed by atoms with Crippen LogP contribution in [-0.4, -0.2) is 9.55 Å². The Kier molecular flexibility index (Phi) is 1.81. The standard InChI is InChI=1S/C12H13FN2/c1-15-11-5-4-9(13)7-10(11)14-12(15)6-8-2-3-8/h4-5,7-8H,2-3,6H2,1H3. The van der Waals surface area contributed by atoms with Crippen LogP contribution >= 0.6 is 0 Å². The van der Waals surface area contributed by atoms with Crippen molar-refractivity contribution in [2.24, 2.45) is 13.0 Å². The topological polar surface area (TPSA) is 17.8 Å². The van der Waals surface area contributed by atoms with Gasteiger partial charge < -0.3 is 4.57 Å². The van der Waals surface area contributed by atoms with Gasteiger partial charge in [0, 0.05) is 19.5 Å². The van der Waals surface area contributed by atoms with Crippen LogP contribution in [0.15, 0.2) is 18.2 Å². The molecule has 2 nitrogen and oxygen atoms in total. The third-order valence-corrected chi connectivity index (χ3v) is 3.10. The van der Waals surface area contributed by atoms with Gasteiger partial charge in [-0.1, -0.05) is 0 Å². The number of fused-ring (bicyclic) bond motifs is 1. The molecule has 1 aromatic heterocycles. The van der Waals surface area contributed by atoms with Crippen molar-refractivity contribution < 1.29 is 4.39 Å². The molecule has 0 spiro atoms. The van der Waals surface area contributed by atoms with Crippen LogP contribution in [-0.2, 0) is 13.5 Å². The predicted octanol–water partition coefficient (Wildman–Crippen LogP) is 2.66. The van der Waals surface area contributed by atoms with Crippen LogP contribution < -0.4 is 0 Å². The van der Waals surface area contributed by atoms with Crippen molar-refractivity contribution >= 4 is 11.0 Å². The van der Waals surface area contributed by atoms with E-state index in [2.05, 4.69) is 9.55 Å². The highest BCUT2D eigenvalue weighted by atomic mass is 19.1. The van der Waals surface area contributed by atoms with Crippen LogP contribution in [0.2, 0.25) is 0 Å². The highest BCUT2D eigenvalue weighted by Gasteiger charge is 2.24. The van der Waals surface area contributed by atoms with E-state index in [1.807, 2.05) is 7.05 Å². The summed E-state index contributed by atoms with van der Waals surface area (Å²) in [6, 6.07) is 4.80. The molecule has 0 saturated heterocycles. The molecule has 1 fully saturated rings. The average molecular weight is 204 g/mol. The van der Waals surface area contributed by atoms with E-state index in [-0.39, 0.29) is 5.82 Å². The lowest BCUT2D eigenvalue weighted by molar-refractivity contribution is 0.629. The quantitative estimate of drug-likeness (QED) is 0.735. The van der Waals surface area contributed by atoms with E-state index >= 15 is 0 Å². The average Bonchev–Trinajstić information content (AvgIpc) is 2.95. The lowest BCUT2D eigenvalue weighted by Crippen LogP contribution is -1.98. The Hall–Kier alpha value is -1.38. The molecule has 1 aliphatic rings. The fourth-order valence-corrected chi connectivity index (χ4v) is 1.99. The van der Waals surface area contributed by atoms with Gasteiger partial charge in [-0.15, -0.1) is 0 Å². The molecule has 3 heteroatoms. The third-order valence-electron chi connectivity index (χ3n) is 3.10. The van der Waals surface area contributed by atoms with Crippen molar-refractivity contribution in [3.8, 4) is 0 Å². The van der Waals surface area contributed by atoms with Crippen molar-refractivity contribution in [1.82, 2.24) is 9.55 Å². The molecule has 0 unspecified atom stereocenters. The van der Waals surface area contributed by atoms with Gasteiger partial charge in [0.05, 0.1) is 11.0 Å². The van der Waals surface area contributed by atoms with Gasteiger partial charge >= 0.3 is 0 Å². The second-order valence-corrected chi connectivity index (χ2v) is 4.37. The molecule has 3 rings (SSSR count). The van der Waals surface area contributed by atoms with Crippen LogP contribution in [0.3, 0.4) is 0 Å². The van der Waals surface area contributed by atoms with Gasteiger partial charge in [-0.2, -0.15) is 0 Å². The van der Waals surface area contributed by atoms with Gasteiger partial charge in [0.15, 0.2) is 0 Å². The normalized spacial score (nSPS) is 16.1. The highest BCUT2D eigenvalue weighted by Crippen LogP contribution is 2.32. The maximum atomic E-state index is 13.0. The molecule has 78 valence electrons. The fourth-order valence-electron chi connectivity index (χ4n) is 1.99. The Balaban J connectivity index is 2.10. The third kappa shape index (κ3) is 1.52. The Morgan fingerprint density at radius 3 is 3.00 bits per heavy atom. The molecule has 15 heavy (non-hydrogen) atoms. The van der Waals surface area contributed by atoms with Crippen LogP contribution in [0.1, 0.15) is 18.7 Å². The van der Waals surface area contributed by atoms with E-state index in [4.69, 9.17) is 0 Å². The number of rotatable bonds is 2. The summed E-state index contributed by atoms with van der Waals surface area (Å²) >= 11 is 0. The first-order valence-electron chi connectivity index (χ1n) is 5.35. The van der Waals surface area contributed by atoms with Crippen LogP contribution in [0.5, 0.6) is 0 Å². The number of aromatic nitrogens is 2. The van der Waals surface area contributed by atoms with Gasteiger partial charge in [-0.3, -0.25) is 0 Å². The largest absolute Gasteiger partial charge is 0.331 e. The maximum Gasteiger partial charge on any atom is 0.125 e. The number of benzene rings is 1. The molecule has 0 atom stereocenters. The molecule has 1 heterocycles. The maximum absolute atomic E-state index is 13.0. The highest BCUT2D eigenvalue weighted by molar-refractivity contribution is 5.75. The number of halogens is 1. The molecule has 1 aromatic carbocycles. The van der Waals surface area contributed by atoms with Crippen LogP contribution in [0.4, 0.5) is 4.39 Å². The van der Waals surface area contributed by atoms with Crippen LogP contribution in [0.25, 0.3) is 11.0 Å². The Morgan fingerprint density at radius 1 is 1.47 bits per heavy atom.